The summed E-state index contributed by atoms with van der Waals surface area (Å²) in [6.07, 6.45) is 0.995. The van der Waals surface area contributed by atoms with Crippen LogP contribution in [0.2, 0.25) is 0 Å². The molecule has 4 nitrogen and oxygen atoms in total. The molecular formula is C14H26N4. The summed E-state index contributed by atoms with van der Waals surface area (Å²) < 4.78 is 0. The molecule has 18 heavy (non-hydrogen) atoms. The first-order valence-corrected chi connectivity index (χ1v) is 6.97. The second-order valence-electron chi connectivity index (χ2n) is 4.85. The van der Waals surface area contributed by atoms with Crippen LogP contribution in [0.5, 0.6) is 0 Å². The topological polar surface area (TPSA) is 41.1 Å². The summed E-state index contributed by atoms with van der Waals surface area (Å²) in [6.45, 7) is 13.5. The van der Waals surface area contributed by atoms with Gasteiger partial charge in [0.15, 0.2) is 0 Å². The van der Waals surface area contributed by atoms with Crippen molar-refractivity contribution in [3.8, 4) is 0 Å². The van der Waals surface area contributed by atoms with Gasteiger partial charge < -0.3 is 10.2 Å². The van der Waals surface area contributed by atoms with Gasteiger partial charge in [0.2, 0.25) is 5.95 Å². The normalized spacial score (nSPS) is 10.8. The lowest BCUT2D eigenvalue weighted by atomic mass is 10.1. The molecule has 0 radical (unpaired) electrons. The number of nitrogens with one attached hydrogen (secondary N) is 1. The van der Waals surface area contributed by atoms with Gasteiger partial charge in [0, 0.05) is 31.4 Å². The number of anilines is 2. The van der Waals surface area contributed by atoms with Gasteiger partial charge in [0.1, 0.15) is 5.82 Å². The van der Waals surface area contributed by atoms with Crippen molar-refractivity contribution in [3.05, 3.63) is 11.8 Å². The quantitative estimate of drug-likeness (QED) is 0.808. The summed E-state index contributed by atoms with van der Waals surface area (Å²) in [5, 5.41) is 3.29. The maximum atomic E-state index is 4.67. The van der Waals surface area contributed by atoms with Crippen LogP contribution in [0.25, 0.3) is 0 Å². The smallest absolute Gasteiger partial charge is 0.227 e. The van der Waals surface area contributed by atoms with Crippen LogP contribution < -0.4 is 10.2 Å². The van der Waals surface area contributed by atoms with Crippen LogP contribution in [0, 0.1) is 5.92 Å². The van der Waals surface area contributed by atoms with Crippen molar-refractivity contribution < 1.29 is 0 Å². The molecule has 0 unspecified atom stereocenters. The highest BCUT2D eigenvalue weighted by molar-refractivity contribution is 5.43. The number of nitrogens with zero attached hydrogens (tertiary/aromatic N) is 3. The summed E-state index contributed by atoms with van der Waals surface area (Å²) in [5.74, 6) is 2.39. The molecule has 1 rings (SSSR count). The molecule has 0 aliphatic carbocycles. The second-order valence-corrected chi connectivity index (χ2v) is 4.85. The Morgan fingerprint density at radius 1 is 1.17 bits per heavy atom. The SMILES string of the molecule is CCNc1cc(CC(C)C)nc(N(CC)CC)n1. The van der Waals surface area contributed by atoms with Crippen molar-refractivity contribution in [1.82, 2.24) is 9.97 Å². The molecule has 0 amide bonds. The number of rotatable bonds is 7. The van der Waals surface area contributed by atoms with Crippen LogP contribution in [-0.4, -0.2) is 29.6 Å². The van der Waals surface area contributed by atoms with E-state index in [0.717, 1.165) is 43.5 Å². The first-order chi connectivity index (χ1) is 8.60. The Labute approximate surface area is 111 Å². The zero-order chi connectivity index (χ0) is 13.5. The van der Waals surface area contributed by atoms with Crippen molar-refractivity contribution in [2.75, 3.05) is 29.9 Å². The van der Waals surface area contributed by atoms with E-state index in [2.05, 4.69) is 60.9 Å². The molecule has 1 aromatic rings. The van der Waals surface area contributed by atoms with E-state index in [1.807, 2.05) is 0 Å². The zero-order valence-electron chi connectivity index (χ0n) is 12.3. The van der Waals surface area contributed by atoms with Crippen LogP contribution >= 0.6 is 0 Å². The van der Waals surface area contributed by atoms with Gasteiger partial charge in [-0.25, -0.2) is 4.98 Å². The van der Waals surface area contributed by atoms with Crippen LogP contribution in [0.1, 0.15) is 40.3 Å². The summed E-state index contributed by atoms with van der Waals surface area (Å²) >= 11 is 0. The van der Waals surface area contributed by atoms with Crippen molar-refractivity contribution in [2.24, 2.45) is 5.92 Å². The maximum Gasteiger partial charge on any atom is 0.227 e. The fourth-order valence-electron chi connectivity index (χ4n) is 1.93. The zero-order valence-corrected chi connectivity index (χ0v) is 12.3. The highest BCUT2D eigenvalue weighted by Gasteiger charge is 2.10. The molecule has 0 aliphatic heterocycles. The molecule has 1 aromatic heterocycles. The predicted molar refractivity (Wildman–Crippen MR) is 78.3 cm³/mol. The van der Waals surface area contributed by atoms with Crippen molar-refractivity contribution in [1.29, 1.82) is 0 Å². The summed E-state index contributed by atoms with van der Waals surface area (Å²) in [5.41, 5.74) is 1.12. The monoisotopic (exact) mass is 250 g/mol. The summed E-state index contributed by atoms with van der Waals surface area (Å²) in [7, 11) is 0. The largest absolute Gasteiger partial charge is 0.370 e. The molecule has 0 aromatic carbocycles. The van der Waals surface area contributed by atoms with Crippen LogP contribution in [0.3, 0.4) is 0 Å². The standard InChI is InChI=1S/C14H26N4/c1-6-15-13-10-12(9-11(4)5)16-14(17-13)18(7-2)8-3/h10-11H,6-9H2,1-5H3,(H,15,16,17). The minimum absolute atomic E-state index is 0.610. The molecule has 1 heterocycles. The highest BCUT2D eigenvalue weighted by atomic mass is 15.3. The van der Waals surface area contributed by atoms with Crippen molar-refractivity contribution >= 4 is 11.8 Å². The third-order valence-electron chi connectivity index (χ3n) is 2.79. The van der Waals surface area contributed by atoms with Crippen LogP contribution in [-0.2, 0) is 6.42 Å². The molecule has 102 valence electrons. The molecule has 1 N–H and O–H groups in total. The fourth-order valence-corrected chi connectivity index (χ4v) is 1.93. The minimum Gasteiger partial charge on any atom is -0.370 e. The van der Waals surface area contributed by atoms with Gasteiger partial charge in [-0.2, -0.15) is 4.98 Å². The fraction of sp³-hybridized carbons (Fsp3) is 0.714. The van der Waals surface area contributed by atoms with E-state index < -0.39 is 0 Å². The van der Waals surface area contributed by atoms with E-state index in [1.54, 1.807) is 0 Å². The number of aromatic nitrogens is 2. The third-order valence-corrected chi connectivity index (χ3v) is 2.79. The van der Waals surface area contributed by atoms with Crippen LogP contribution in [0.15, 0.2) is 6.07 Å². The summed E-state index contributed by atoms with van der Waals surface area (Å²) in [6, 6.07) is 2.07. The summed E-state index contributed by atoms with van der Waals surface area (Å²) in [4.78, 5) is 11.4. The Morgan fingerprint density at radius 2 is 1.83 bits per heavy atom. The number of hydrogen-bond donors (Lipinski definition) is 1. The van der Waals surface area contributed by atoms with E-state index in [9.17, 15) is 0 Å². The maximum absolute atomic E-state index is 4.67. The van der Waals surface area contributed by atoms with E-state index in [0.29, 0.717) is 5.92 Å². The van der Waals surface area contributed by atoms with E-state index in [4.69, 9.17) is 0 Å². The molecule has 4 heteroatoms. The van der Waals surface area contributed by atoms with E-state index >= 15 is 0 Å². The molecular weight excluding hydrogens is 224 g/mol. The van der Waals surface area contributed by atoms with Gasteiger partial charge in [0.25, 0.3) is 0 Å². The number of hydrogen-bond acceptors (Lipinski definition) is 4. The Kier molecular flexibility index (Phi) is 5.89. The lowest BCUT2D eigenvalue weighted by Crippen LogP contribution is -2.25. The molecule has 0 saturated heterocycles. The van der Waals surface area contributed by atoms with Gasteiger partial charge >= 0.3 is 0 Å². The van der Waals surface area contributed by atoms with Gasteiger partial charge in [0.05, 0.1) is 0 Å². The van der Waals surface area contributed by atoms with Crippen molar-refractivity contribution in [3.63, 3.8) is 0 Å². The average Bonchev–Trinajstić information content (AvgIpc) is 2.30. The van der Waals surface area contributed by atoms with Gasteiger partial charge in [-0.15, -0.1) is 0 Å². The lowest BCUT2D eigenvalue weighted by molar-refractivity contribution is 0.632. The van der Waals surface area contributed by atoms with Gasteiger partial charge in [-0.1, -0.05) is 13.8 Å². The average molecular weight is 250 g/mol. The second kappa shape index (κ2) is 7.19. The van der Waals surface area contributed by atoms with Gasteiger partial charge in [-0.3, -0.25) is 0 Å². The predicted octanol–water partition coefficient (Wildman–Crippen LogP) is 2.95. The molecule has 0 atom stereocenters. The van der Waals surface area contributed by atoms with Gasteiger partial charge in [-0.05, 0) is 33.1 Å². The first kappa shape index (κ1) is 14.7. The van der Waals surface area contributed by atoms with E-state index in [-0.39, 0.29) is 0 Å². The van der Waals surface area contributed by atoms with Crippen molar-refractivity contribution in [2.45, 2.75) is 41.0 Å². The Hall–Kier alpha value is -1.32. The lowest BCUT2D eigenvalue weighted by Gasteiger charge is -2.20. The molecule has 0 spiro atoms. The minimum atomic E-state index is 0.610. The Bertz CT molecular complexity index is 359. The molecule has 0 bridgehead atoms. The molecule has 0 saturated carbocycles. The first-order valence-electron chi connectivity index (χ1n) is 6.97. The van der Waals surface area contributed by atoms with Crippen LogP contribution in [0.4, 0.5) is 11.8 Å². The highest BCUT2D eigenvalue weighted by Crippen LogP contribution is 2.16. The Balaban J connectivity index is 3.04. The van der Waals surface area contributed by atoms with E-state index in [1.165, 1.54) is 0 Å². The molecule has 0 fully saturated rings. The third kappa shape index (κ3) is 4.17. The molecule has 0 aliphatic rings. The Morgan fingerprint density at radius 3 is 2.33 bits per heavy atom.